The minimum absolute atomic E-state index is 0.160. The maximum Gasteiger partial charge on any atom is 0.281 e. The Morgan fingerprint density at radius 2 is 1.72 bits per heavy atom. The molecule has 36 heavy (non-hydrogen) atoms. The Bertz CT molecular complexity index is 1550. The fourth-order valence-corrected chi connectivity index (χ4v) is 5.08. The van der Waals surface area contributed by atoms with Crippen LogP contribution >= 0.6 is 12.2 Å². The summed E-state index contributed by atoms with van der Waals surface area (Å²) >= 11 is 5.68. The zero-order valence-electron chi connectivity index (χ0n) is 20.9. The third-order valence-electron chi connectivity index (χ3n) is 6.99. The predicted molar refractivity (Wildman–Crippen MR) is 149 cm³/mol. The van der Waals surface area contributed by atoms with Gasteiger partial charge in [0.2, 0.25) is 0 Å². The van der Waals surface area contributed by atoms with Gasteiger partial charge in [0, 0.05) is 29.8 Å². The molecular weight excluding hydrogens is 469 g/mol. The minimum Gasteiger partial charge on any atom is -0.342 e. The number of aromatic nitrogens is 1. The van der Waals surface area contributed by atoms with Gasteiger partial charge < -0.3 is 9.47 Å². The van der Waals surface area contributed by atoms with Crippen LogP contribution in [-0.4, -0.2) is 27.5 Å². The molecule has 0 spiro atoms. The Balaban J connectivity index is 1.61. The van der Waals surface area contributed by atoms with Gasteiger partial charge in [-0.2, -0.15) is 0 Å². The van der Waals surface area contributed by atoms with Gasteiger partial charge in [0.05, 0.1) is 17.7 Å². The highest BCUT2D eigenvalue weighted by atomic mass is 32.1. The maximum atomic E-state index is 14.5. The molecule has 1 aromatic heterocycles. The van der Waals surface area contributed by atoms with Crippen molar-refractivity contribution in [2.75, 3.05) is 11.9 Å². The summed E-state index contributed by atoms with van der Waals surface area (Å²) in [5.41, 5.74) is 7.28. The Hall–Kier alpha value is -3.77. The molecule has 0 aliphatic carbocycles. The van der Waals surface area contributed by atoms with Crippen LogP contribution in [0.15, 0.2) is 72.6 Å². The molecule has 1 aliphatic rings. The van der Waals surface area contributed by atoms with E-state index in [4.69, 9.17) is 12.2 Å². The average molecular weight is 498 g/mol. The summed E-state index contributed by atoms with van der Waals surface area (Å²) in [7, 11) is 1.82. The fourth-order valence-electron chi connectivity index (χ4n) is 4.80. The Morgan fingerprint density at radius 1 is 0.972 bits per heavy atom. The second kappa shape index (κ2) is 9.36. The van der Waals surface area contributed by atoms with Gasteiger partial charge in [-0.25, -0.2) is 4.39 Å². The zero-order valence-corrected chi connectivity index (χ0v) is 21.7. The van der Waals surface area contributed by atoms with E-state index >= 15 is 0 Å². The molecular formula is C30H28FN3OS. The molecule has 0 bridgehead atoms. The van der Waals surface area contributed by atoms with Gasteiger partial charge in [0.1, 0.15) is 11.5 Å². The van der Waals surface area contributed by atoms with E-state index in [1.54, 1.807) is 15.9 Å². The van der Waals surface area contributed by atoms with E-state index in [1.165, 1.54) is 11.6 Å². The predicted octanol–water partition coefficient (Wildman–Crippen LogP) is 6.61. The molecule has 4 nitrogen and oxygen atoms in total. The van der Waals surface area contributed by atoms with Crippen LogP contribution in [0.1, 0.15) is 34.7 Å². The van der Waals surface area contributed by atoms with Crippen LogP contribution in [0, 0.1) is 19.7 Å². The molecule has 3 aromatic carbocycles. The van der Waals surface area contributed by atoms with Gasteiger partial charge in [0.25, 0.3) is 5.91 Å². The Labute approximate surface area is 216 Å². The summed E-state index contributed by atoms with van der Waals surface area (Å²) in [6.07, 6.45) is 4.75. The summed E-state index contributed by atoms with van der Waals surface area (Å²) < 4.78 is 16.6. The number of para-hydroxylation sites is 1. The summed E-state index contributed by atoms with van der Waals surface area (Å²) in [6, 6.07) is 18.9. The highest BCUT2D eigenvalue weighted by Gasteiger charge is 2.37. The number of benzene rings is 3. The van der Waals surface area contributed by atoms with E-state index in [0.29, 0.717) is 22.9 Å². The topological polar surface area (TPSA) is 28.5 Å². The van der Waals surface area contributed by atoms with Crippen molar-refractivity contribution in [1.29, 1.82) is 0 Å². The Kier molecular flexibility index (Phi) is 6.22. The summed E-state index contributed by atoms with van der Waals surface area (Å²) in [5, 5.41) is 1.47. The highest BCUT2D eigenvalue weighted by Crippen LogP contribution is 2.32. The second-order valence-corrected chi connectivity index (χ2v) is 9.62. The zero-order chi connectivity index (χ0) is 25.6. The number of amides is 1. The minimum atomic E-state index is -0.228. The number of likely N-dealkylation sites (N-methyl/N-ethyl adjacent to an activating group) is 1. The van der Waals surface area contributed by atoms with Crippen LogP contribution in [0.5, 0.6) is 0 Å². The van der Waals surface area contributed by atoms with Crippen molar-refractivity contribution in [2.24, 2.45) is 0 Å². The number of anilines is 1. The lowest BCUT2D eigenvalue weighted by atomic mass is 10.1. The van der Waals surface area contributed by atoms with Gasteiger partial charge in [-0.05, 0) is 73.5 Å². The number of thiocarbonyl (C=S) groups is 1. The van der Waals surface area contributed by atoms with Crippen LogP contribution in [0.25, 0.3) is 17.0 Å². The van der Waals surface area contributed by atoms with E-state index < -0.39 is 0 Å². The number of hydrogen-bond donors (Lipinski definition) is 0. The number of fused-ring (bicyclic) bond motifs is 1. The van der Waals surface area contributed by atoms with Crippen molar-refractivity contribution in [3.8, 4) is 0 Å². The molecule has 0 N–H and O–H groups in total. The molecule has 1 amide bonds. The molecule has 6 heteroatoms. The lowest BCUT2D eigenvalue weighted by Gasteiger charge is -2.17. The number of carbonyl (C=O) groups excluding carboxylic acids is 1. The van der Waals surface area contributed by atoms with Crippen molar-refractivity contribution >= 4 is 45.9 Å². The first kappa shape index (κ1) is 23.9. The van der Waals surface area contributed by atoms with Crippen LogP contribution in [0.3, 0.4) is 0 Å². The number of halogens is 1. The van der Waals surface area contributed by atoms with Gasteiger partial charge in [-0.15, -0.1) is 0 Å². The van der Waals surface area contributed by atoms with E-state index in [1.807, 2.05) is 69.6 Å². The Morgan fingerprint density at radius 3 is 2.44 bits per heavy atom. The largest absolute Gasteiger partial charge is 0.342 e. The molecule has 0 atom stereocenters. The molecule has 0 radical (unpaired) electrons. The summed E-state index contributed by atoms with van der Waals surface area (Å²) in [5.74, 6) is -0.388. The van der Waals surface area contributed by atoms with Crippen molar-refractivity contribution in [2.45, 2.75) is 33.7 Å². The number of rotatable bonds is 5. The number of hydrogen-bond acceptors (Lipinski definition) is 2. The van der Waals surface area contributed by atoms with Crippen LogP contribution < -0.4 is 4.90 Å². The number of nitrogens with zero attached hydrogens (tertiary/aromatic N) is 3. The molecule has 5 rings (SSSR count). The molecule has 1 fully saturated rings. The van der Waals surface area contributed by atoms with Crippen LogP contribution in [-0.2, 0) is 17.8 Å². The van der Waals surface area contributed by atoms with E-state index in [2.05, 4.69) is 23.6 Å². The summed E-state index contributed by atoms with van der Waals surface area (Å²) in [6.45, 7) is 6.59. The standard InChI is InChI=1S/C30H28FN3OS/c1-5-21-10-8-11-25-23(18-33(28(21)25)17-22-9-6-7-12-26(22)31)16-27-29(35)34(30(36)32(27)4)24-14-13-19(2)20(3)15-24/h6-16,18H,5,17H2,1-4H3/b27-16-. The third kappa shape index (κ3) is 4.01. The summed E-state index contributed by atoms with van der Waals surface area (Å²) in [4.78, 5) is 16.9. The van der Waals surface area contributed by atoms with Crippen LogP contribution in [0.2, 0.25) is 0 Å². The molecule has 182 valence electrons. The maximum absolute atomic E-state index is 14.5. The fraction of sp³-hybridized carbons (Fsp3) is 0.200. The van der Waals surface area contributed by atoms with E-state index in [9.17, 15) is 9.18 Å². The quantitative estimate of drug-likeness (QED) is 0.229. The molecule has 0 saturated carbocycles. The first-order valence-corrected chi connectivity index (χ1v) is 12.5. The van der Waals surface area contributed by atoms with Gasteiger partial charge in [0.15, 0.2) is 5.11 Å². The van der Waals surface area contributed by atoms with Gasteiger partial charge in [-0.3, -0.25) is 9.69 Å². The molecule has 1 aliphatic heterocycles. The van der Waals surface area contributed by atoms with Gasteiger partial charge >= 0.3 is 0 Å². The second-order valence-electron chi connectivity index (χ2n) is 9.25. The lowest BCUT2D eigenvalue weighted by molar-refractivity contribution is -0.114. The smallest absolute Gasteiger partial charge is 0.281 e. The monoisotopic (exact) mass is 497 g/mol. The molecule has 1 saturated heterocycles. The third-order valence-corrected chi connectivity index (χ3v) is 7.45. The SMILES string of the molecule is CCc1cccc2c(/C=C3/C(=O)N(c4ccc(C)c(C)c4)C(=S)N3C)cn(Cc3ccccc3F)c12. The number of aryl methyl sites for hydroxylation is 3. The first-order chi connectivity index (χ1) is 17.3. The highest BCUT2D eigenvalue weighted by molar-refractivity contribution is 7.80. The van der Waals surface area contributed by atoms with E-state index in [0.717, 1.165) is 39.7 Å². The van der Waals surface area contributed by atoms with Crippen molar-refractivity contribution in [1.82, 2.24) is 9.47 Å². The molecule has 0 unspecified atom stereocenters. The van der Waals surface area contributed by atoms with Crippen molar-refractivity contribution in [3.63, 3.8) is 0 Å². The van der Waals surface area contributed by atoms with Gasteiger partial charge in [-0.1, -0.05) is 49.4 Å². The average Bonchev–Trinajstić information content (AvgIpc) is 3.32. The lowest BCUT2D eigenvalue weighted by Crippen LogP contribution is -2.31. The van der Waals surface area contributed by atoms with Crippen molar-refractivity contribution < 1.29 is 9.18 Å². The van der Waals surface area contributed by atoms with E-state index in [-0.39, 0.29) is 11.7 Å². The normalized spacial score (nSPS) is 15.1. The van der Waals surface area contributed by atoms with Crippen molar-refractivity contribution in [3.05, 3.63) is 106 Å². The van der Waals surface area contributed by atoms with Crippen LogP contribution in [0.4, 0.5) is 10.1 Å². The molecule has 4 aromatic rings. The first-order valence-electron chi connectivity index (χ1n) is 12.1. The number of carbonyl (C=O) groups is 1. The molecule has 2 heterocycles.